The van der Waals surface area contributed by atoms with Crippen molar-refractivity contribution in [2.75, 3.05) is 24.5 Å². The topological polar surface area (TPSA) is 63.0 Å². The molecule has 1 unspecified atom stereocenters. The van der Waals surface area contributed by atoms with Gasteiger partial charge in [0.2, 0.25) is 0 Å². The van der Waals surface area contributed by atoms with E-state index in [1.807, 2.05) is 38.1 Å². The van der Waals surface area contributed by atoms with Gasteiger partial charge in [-0.05, 0) is 88.5 Å². The van der Waals surface area contributed by atoms with Gasteiger partial charge in [0.15, 0.2) is 0 Å². The van der Waals surface area contributed by atoms with Gasteiger partial charge in [-0.15, -0.1) is 0 Å². The standard InChI is InChI=1S/C31H43N5O2/c1-5-26(15-25-16-27(18-32-17-25)34-13-6-7-14-34)28-22-35-20-24(11-12-29(35)33-28)21-36(19-23-9-8-10-23)30(37)38-31(2,3)4/h11-12,16-18,20,22-23,26H,5-10,13-15,19,21H2,1-4H3. The fraction of sp³-hybridized carbons (Fsp3) is 0.581. The minimum absolute atomic E-state index is 0.230. The fourth-order valence-corrected chi connectivity index (χ4v) is 5.56. The molecule has 2 fully saturated rings. The normalized spacial score (nSPS) is 17.0. The van der Waals surface area contributed by atoms with Gasteiger partial charge < -0.3 is 18.9 Å². The molecule has 0 N–H and O–H groups in total. The molecule has 3 aromatic rings. The molecule has 0 aromatic carbocycles. The summed E-state index contributed by atoms with van der Waals surface area (Å²) in [5, 5.41) is 0. The van der Waals surface area contributed by atoms with Gasteiger partial charge in [0, 0.05) is 44.1 Å². The number of carbonyl (C=O) groups is 1. The molecule has 1 atom stereocenters. The number of nitrogens with zero attached hydrogens (tertiary/aromatic N) is 5. The monoisotopic (exact) mass is 517 g/mol. The van der Waals surface area contributed by atoms with Crippen LogP contribution in [-0.4, -0.2) is 50.6 Å². The summed E-state index contributed by atoms with van der Waals surface area (Å²) >= 11 is 0. The van der Waals surface area contributed by atoms with Gasteiger partial charge in [0.1, 0.15) is 11.2 Å². The van der Waals surface area contributed by atoms with Crippen LogP contribution in [0.4, 0.5) is 10.5 Å². The van der Waals surface area contributed by atoms with E-state index in [4.69, 9.17) is 9.72 Å². The first-order chi connectivity index (χ1) is 18.3. The highest BCUT2D eigenvalue weighted by molar-refractivity contribution is 5.68. The van der Waals surface area contributed by atoms with E-state index in [9.17, 15) is 4.79 Å². The van der Waals surface area contributed by atoms with Gasteiger partial charge >= 0.3 is 6.09 Å². The zero-order valence-corrected chi connectivity index (χ0v) is 23.5. The summed E-state index contributed by atoms with van der Waals surface area (Å²) in [6.45, 7) is 11.6. The molecule has 0 radical (unpaired) electrons. The van der Waals surface area contributed by atoms with Crippen molar-refractivity contribution in [2.24, 2.45) is 5.92 Å². The summed E-state index contributed by atoms with van der Waals surface area (Å²) in [4.78, 5) is 26.8. The first-order valence-corrected chi connectivity index (χ1v) is 14.4. The predicted molar refractivity (Wildman–Crippen MR) is 152 cm³/mol. The van der Waals surface area contributed by atoms with Gasteiger partial charge in [-0.2, -0.15) is 0 Å². The van der Waals surface area contributed by atoms with E-state index >= 15 is 0 Å². The van der Waals surface area contributed by atoms with Crippen LogP contribution in [0.3, 0.4) is 0 Å². The van der Waals surface area contributed by atoms with Crippen molar-refractivity contribution in [1.29, 1.82) is 0 Å². The largest absolute Gasteiger partial charge is 0.444 e. The second kappa shape index (κ2) is 11.3. The Kier molecular flexibility index (Phi) is 7.91. The first kappa shape index (κ1) is 26.5. The van der Waals surface area contributed by atoms with Crippen LogP contribution in [0.15, 0.2) is 43.0 Å². The second-order valence-electron chi connectivity index (χ2n) is 12.2. The quantitative estimate of drug-likeness (QED) is 0.320. The summed E-state index contributed by atoms with van der Waals surface area (Å²) in [5.74, 6) is 0.903. The molecule has 1 saturated carbocycles. The van der Waals surface area contributed by atoms with Crippen molar-refractivity contribution < 1.29 is 9.53 Å². The summed E-state index contributed by atoms with van der Waals surface area (Å²) < 4.78 is 7.85. The van der Waals surface area contributed by atoms with Crippen LogP contribution in [0.5, 0.6) is 0 Å². The number of imidazole rings is 1. The maximum Gasteiger partial charge on any atom is 0.410 e. The smallest absolute Gasteiger partial charge is 0.410 e. The number of pyridine rings is 2. The lowest BCUT2D eigenvalue weighted by atomic mass is 9.85. The highest BCUT2D eigenvalue weighted by Gasteiger charge is 2.27. The second-order valence-corrected chi connectivity index (χ2v) is 12.2. The molecule has 1 aliphatic carbocycles. The zero-order chi connectivity index (χ0) is 26.7. The van der Waals surface area contributed by atoms with Gasteiger partial charge in [-0.25, -0.2) is 9.78 Å². The lowest BCUT2D eigenvalue weighted by Crippen LogP contribution is -2.40. The van der Waals surface area contributed by atoms with E-state index in [2.05, 4.69) is 51.8 Å². The lowest BCUT2D eigenvalue weighted by Gasteiger charge is -2.33. The summed E-state index contributed by atoms with van der Waals surface area (Å²) in [6.07, 6.45) is 16.2. The van der Waals surface area contributed by atoms with Crippen LogP contribution >= 0.6 is 0 Å². The first-order valence-electron chi connectivity index (χ1n) is 14.4. The Labute approximate surface area is 227 Å². The minimum Gasteiger partial charge on any atom is -0.444 e. The molecule has 5 rings (SSSR count). The van der Waals surface area contributed by atoms with Crippen LogP contribution < -0.4 is 4.90 Å². The number of ether oxygens (including phenoxy) is 1. The van der Waals surface area contributed by atoms with E-state index in [0.29, 0.717) is 18.4 Å². The number of amides is 1. The number of carbonyl (C=O) groups excluding carboxylic acids is 1. The third kappa shape index (κ3) is 6.48. The Morgan fingerprint density at radius 1 is 1.11 bits per heavy atom. The van der Waals surface area contributed by atoms with E-state index in [-0.39, 0.29) is 6.09 Å². The fourth-order valence-electron chi connectivity index (χ4n) is 5.56. The van der Waals surface area contributed by atoms with Gasteiger partial charge in [-0.1, -0.05) is 19.4 Å². The molecule has 7 heteroatoms. The third-order valence-electron chi connectivity index (χ3n) is 7.90. The number of rotatable bonds is 9. The summed E-state index contributed by atoms with van der Waals surface area (Å²) in [7, 11) is 0. The van der Waals surface area contributed by atoms with Crippen LogP contribution in [0, 0.1) is 5.92 Å². The van der Waals surface area contributed by atoms with E-state index < -0.39 is 5.60 Å². The van der Waals surface area contributed by atoms with E-state index in [1.54, 1.807) is 0 Å². The Morgan fingerprint density at radius 3 is 2.58 bits per heavy atom. The van der Waals surface area contributed by atoms with Crippen LogP contribution in [0.1, 0.15) is 89.0 Å². The number of hydrogen-bond donors (Lipinski definition) is 0. The highest BCUT2D eigenvalue weighted by Crippen LogP contribution is 2.29. The van der Waals surface area contributed by atoms with Crippen molar-refractivity contribution in [3.63, 3.8) is 0 Å². The number of anilines is 1. The molecule has 0 bridgehead atoms. The van der Waals surface area contributed by atoms with Crippen LogP contribution in [-0.2, 0) is 17.7 Å². The van der Waals surface area contributed by atoms with Crippen molar-refractivity contribution in [3.05, 3.63) is 59.8 Å². The lowest BCUT2D eigenvalue weighted by molar-refractivity contribution is 0.0173. The predicted octanol–water partition coefficient (Wildman–Crippen LogP) is 6.60. The van der Waals surface area contributed by atoms with Gasteiger partial charge in [-0.3, -0.25) is 4.98 Å². The Balaban J connectivity index is 1.31. The number of hydrogen-bond acceptors (Lipinski definition) is 5. The van der Waals surface area contributed by atoms with Gasteiger partial charge in [0.05, 0.1) is 24.1 Å². The molecular formula is C31H43N5O2. The molecule has 204 valence electrons. The van der Waals surface area contributed by atoms with E-state index in [0.717, 1.165) is 49.4 Å². The molecule has 1 aliphatic heterocycles. The molecule has 1 saturated heterocycles. The van der Waals surface area contributed by atoms with Crippen molar-refractivity contribution >= 4 is 17.4 Å². The molecule has 1 amide bonds. The third-order valence-corrected chi connectivity index (χ3v) is 7.90. The molecule has 0 spiro atoms. The van der Waals surface area contributed by atoms with Gasteiger partial charge in [0.25, 0.3) is 0 Å². The Morgan fingerprint density at radius 2 is 1.89 bits per heavy atom. The number of fused-ring (bicyclic) bond motifs is 1. The number of aromatic nitrogens is 3. The van der Waals surface area contributed by atoms with Crippen molar-refractivity contribution in [1.82, 2.24) is 19.3 Å². The maximum absolute atomic E-state index is 13.0. The Bertz CT molecular complexity index is 1240. The highest BCUT2D eigenvalue weighted by atomic mass is 16.6. The minimum atomic E-state index is -0.503. The zero-order valence-electron chi connectivity index (χ0n) is 23.5. The summed E-state index contributed by atoms with van der Waals surface area (Å²) in [5.41, 5.74) is 5.14. The Hall–Kier alpha value is -3.09. The van der Waals surface area contributed by atoms with Crippen LogP contribution in [0.25, 0.3) is 5.65 Å². The molecule has 7 nitrogen and oxygen atoms in total. The van der Waals surface area contributed by atoms with Crippen LogP contribution in [0.2, 0.25) is 0 Å². The molecule has 3 aromatic heterocycles. The summed E-state index contributed by atoms with van der Waals surface area (Å²) in [6, 6.07) is 6.47. The van der Waals surface area contributed by atoms with E-state index in [1.165, 1.54) is 43.4 Å². The average Bonchev–Trinajstić information content (AvgIpc) is 3.53. The molecular weight excluding hydrogens is 474 g/mol. The molecule has 38 heavy (non-hydrogen) atoms. The van der Waals surface area contributed by atoms with Crippen molar-refractivity contribution in [3.8, 4) is 0 Å². The van der Waals surface area contributed by atoms with Crippen molar-refractivity contribution in [2.45, 2.75) is 90.7 Å². The maximum atomic E-state index is 13.0. The molecule has 2 aliphatic rings. The SMILES string of the molecule is CCC(Cc1cncc(N2CCCC2)c1)c1cn2cc(CN(CC3CCC3)C(=O)OC(C)(C)C)ccc2n1. The average molecular weight is 518 g/mol. The molecule has 4 heterocycles.